The lowest BCUT2D eigenvalue weighted by molar-refractivity contribution is -0.125. The molecular formula is C21H24N2O5. The molecule has 7 nitrogen and oxygen atoms in total. The van der Waals surface area contributed by atoms with Gasteiger partial charge in [-0.3, -0.25) is 9.59 Å². The van der Waals surface area contributed by atoms with Gasteiger partial charge in [-0.1, -0.05) is 6.07 Å². The van der Waals surface area contributed by atoms with Gasteiger partial charge >= 0.3 is 0 Å². The average Bonchev–Trinajstić information content (AvgIpc) is 2.77. The van der Waals surface area contributed by atoms with E-state index >= 15 is 0 Å². The SMILES string of the molecule is COc1ccc(CC(=O)Nc2ccc3c(c2)NC(=O)C(C)(C)CO3)cc1OC. The van der Waals surface area contributed by atoms with Gasteiger partial charge in [-0.15, -0.1) is 0 Å². The van der Waals surface area contributed by atoms with Gasteiger partial charge in [-0.05, 0) is 49.7 Å². The van der Waals surface area contributed by atoms with Crippen molar-refractivity contribution in [2.75, 3.05) is 31.5 Å². The highest BCUT2D eigenvalue weighted by atomic mass is 16.5. The highest BCUT2D eigenvalue weighted by molar-refractivity contribution is 5.98. The lowest BCUT2D eigenvalue weighted by Gasteiger charge is -2.18. The van der Waals surface area contributed by atoms with Crippen molar-refractivity contribution < 1.29 is 23.8 Å². The van der Waals surface area contributed by atoms with Gasteiger partial charge in [0.2, 0.25) is 11.8 Å². The van der Waals surface area contributed by atoms with E-state index in [1.165, 1.54) is 0 Å². The summed E-state index contributed by atoms with van der Waals surface area (Å²) in [6.07, 6.45) is 0.174. The second-order valence-electron chi connectivity index (χ2n) is 7.25. The number of fused-ring (bicyclic) bond motifs is 1. The smallest absolute Gasteiger partial charge is 0.233 e. The van der Waals surface area contributed by atoms with Crippen LogP contribution in [0.5, 0.6) is 17.2 Å². The maximum Gasteiger partial charge on any atom is 0.233 e. The summed E-state index contributed by atoms with van der Waals surface area (Å²) < 4.78 is 16.2. The summed E-state index contributed by atoms with van der Waals surface area (Å²) in [5, 5.41) is 5.70. The van der Waals surface area contributed by atoms with Gasteiger partial charge in [-0.2, -0.15) is 0 Å². The number of nitrogens with one attached hydrogen (secondary N) is 2. The number of rotatable bonds is 5. The molecule has 2 aromatic rings. The van der Waals surface area contributed by atoms with Crippen LogP contribution >= 0.6 is 0 Å². The number of anilines is 2. The maximum absolute atomic E-state index is 12.4. The van der Waals surface area contributed by atoms with E-state index in [1.54, 1.807) is 44.6 Å². The molecule has 3 rings (SSSR count). The van der Waals surface area contributed by atoms with Crippen LogP contribution < -0.4 is 24.8 Å². The topological polar surface area (TPSA) is 85.9 Å². The fraction of sp³-hybridized carbons (Fsp3) is 0.333. The van der Waals surface area contributed by atoms with Crippen molar-refractivity contribution >= 4 is 23.2 Å². The molecule has 2 aromatic carbocycles. The molecule has 0 saturated heterocycles. The Bertz CT molecular complexity index is 908. The third-order valence-electron chi connectivity index (χ3n) is 4.53. The predicted molar refractivity (Wildman–Crippen MR) is 106 cm³/mol. The van der Waals surface area contributed by atoms with E-state index in [-0.39, 0.29) is 24.8 Å². The zero-order valence-corrected chi connectivity index (χ0v) is 16.4. The Kier molecular flexibility index (Phi) is 5.44. The molecule has 0 bridgehead atoms. The number of carbonyl (C=O) groups is 2. The minimum Gasteiger partial charge on any atom is -0.493 e. The number of hydrogen-bond acceptors (Lipinski definition) is 5. The van der Waals surface area contributed by atoms with E-state index in [9.17, 15) is 9.59 Å². The summed E-state index contributed by atoms with van der Waals surface area (Å²) in [6.45, 7) is 3.93. The summed E-state index contributed by atoms with van der Waals surface area (Å²) >= 11 is 0. The van der Waals surface area contributed by atoms with Gasteiger partial charge in [0.1, 0.15) is 12.4 Å². The van der Waals surface area contributed by atoms with Crippen molar-refractivity contribution in [1.29, 1.82) is 0 Å². The van der Waals surface area contributed by atoms with Crippen molar-refractivity contribution in [3.63, 3.8) is 0 Å². The first-order valence-electron chi connectivity index (χ1n) is 8.91. The van der Waals surface area contributed by atoms with Gasteiger partial charge in [0.25, 0.3) is 0 Å². The van der Waals surface area contributed by atoms with Gasteiger partial charge in [0.15, 0.2) is 11.5 Å². The molecule has 0 saturated carbocycles. The molecule has 7 heteroatoms. The molecule has 2 amide bonds. The molecule has 0 spiro atoms. The zero-order chi connectivity index (χ0) is 20.3. The number of methoxy groups -OCH3 is 2. The molecule has 0 fully saturated rings. The second kappa shape index (κ2) is 7.80. The molecular weight excluding hydrogens is 360 g/mol. The van der Waals surface area contributed by atoms with E-state index in [4.69, 9.17) is 14.2 Å². The predicted octanol–water partition coefficient (Wildman–Crippen LogP) is 3.24. The summed E-state index contributed by atoms with van der Waals surface area (Å²) in [6, 6.07) is 10.5. The standard InChI is InChI=1S/C21H24N2O5/c1-21(2)12-28-16-8-6-14(11-15(16)23-20(21)25)22-19(24)10-13-5-7-17(26-3)18(9-13)27-4/h5-9,11H,10,12H2,1-4H3,(H,22,24)(H,23,25). The van der Waals surface area contributed by atoms with Crippen LogP contribution in [0, 0.1) is 5.41 Å². The molecule has 1 aliphatic heterocycles. The van der Waals surface area contributed by atoms with Crippen molar-refractivity contribution in [2.45, 2.75) is 20.3 Å². The summed E-state index contributed by atoms with van der Waals surface area (Å²) in [5.74, 6) is 1.45. The molecule has 0 atom stereocenters. The van der Waals surface area contributed by atoms with Gasteiger partial charge in [-0.25, -0.2) is 0 Å². The number of ether oxygens (including phenoxy) is 3. The van der Waals surface area contributed by atoms with Crippen LogP contribution in [-0.4, -0.2) is 32.6 Å². The van der Waals surface area contributed by atoms with Crippen LogP contribution in [0.15, 0.2) is 36.4 Å². The van der Waals surface area contributed by atoms with Crippen molar-refractivity contribution in [1.82, 2.24) is 0 Å². The van der Waals surface area contributed by atoms with Crippen molar-refractivity contribution in [3.05, 3.63) is 42.0 Å². The fourth-order valence-electron chi connectivity index (χ4n) is 2.83. The fourth-order valence-corrected chi connectivity index (χ4v) is 2.83. The first-order chi connectivity index (χ1) is 13.3. The first-order valence-corrected chi connectivity index (χ1v) is 8.91. The van der Waals surface area contributed by atoms with E-state index in [0.29, 0.717) is 28.6 Å². The van der Waals surface area contributed by atoms with Crippen LogP contribution in [0.3, 0.4) is 0 Å². The summed E-state index contributed by atoms with van der Waals surface area (Å²) in [5.41, 5.74) is 1.28. The van der Waals surface area contributed by atoms with Crippen LogP contribution in [0.25, 0.3) is 0 Å². The number of benzene rings is 2. The quantitative estimate of drug-likeness (QED) is 0.827. The number of carbonyl (C=O) groups excluding carboxylic acids is 2. The Hall–Kier alpha value is -3.22. The third kappa shape index (κ3) is 4.19. The minimum atomic E-state index is -0.629. The molecule has 148 valence electrons. The molecule has 0 aliphatic carbocycles. The number of amides is 2. The summed E-state index contributed by atoms with van der Waals surface area (Å²) in [4.78, 5) is 24.7. The minimum absolute atomic E-state index is 0.125. The van der Waals surface area contributed by atoms with E-state index in [0.717, 1.165) is 5.56 Å². The molecule has 1 aliphatic rings. The van der Waals surface area contributed by atoms with Crippen LogP contribution in [0.2, 0.25) is 0 Å². The largest absolute Gasteiger partial charge is 0.493 e. The Labute approximate surface area is 164 Å². The normalized spacial score (nSPS) is 14.8. The highest BCUT2D eigenvalue weighted by Gasteiger charge is 2.32. The maximum atomic E-state index is 12.4. The lowest BCUT2D eigenvalue weighted by atomic mass is 9.94. The van der Waals surface area contributed by atoms with Gasteiger partial charge in [0.05, 0.1) is 31.7 Å². The molecule has 2 N–H and O–H groups in total. The Morgan fingerprint density at radius 3 is 2.61 bits per heavy atom. The zero-order valence-electron chi connectivity index (χ0n) is 16.4. The highest BCUT2D eigenvalue weighted by Crippen LogP contribution is 2.34. The van der Waals surface area contributed by atoms with Gasteiger partial charge in [0, 0.05) is 5.69 Å². The molecule has 28 heavy (non-hydrogen) atoms. The number of hydrogen-bond donors (Lipinski definition) is 2. The van der Waals surface area contributed by atoms with Crippen molar-refractivity contribution in [3.8, 4) is 17.2 Å². The van der Waals surface area contributed by atoms with Crippen LogP contribution in [0.4, 0.5) is 11.4 Å². The Balaban J connectivity index is 1.71. The summed E-state index contributed by atoms with van der Waals surface area (Å²) in [7, 11) is 3.11. The molecule has 0 unspecified atom stereocenters. The van der Waals surface area contributed by atoms with Crippen LogP contribution in [-0.2, 0) is 16.0 Å². The van der Waals surface area contributed by atoms with E-state index in [2.05, 4.69) is 10.6 Å². The molecule has 0 aromatic heterocycles. The third-order valence-corrected chi connectivity index (χ3v) is 4.53. The first kappa shape index (κ1) is 19.5. The average molecular weight is 384 g/mol. The Morgan fingerprint density at radius 1 is 1.14 bits per heavy atom. The van der Waals surface area contributed by atoms with Crippen LogP contribution in [0.1, 0.15) is 19.4 Å². The Morgan fingerprint density at radius 2 is 1.89 bits per heavy atom. The monoisotopic (exact) mass is 384 g/mol. The van der Waals surface area contributed by atoms with Crippen molar-refractivity contribution in [2.24, 2.45) is 5.41 Å². The van der Waals surface area contributed by atoms with E-state index < -0.39 is 5.41 Å². The van der Waals surface area contributed by atoms with Gasteiger partial charge < -0.3 is 24.8 Å². The molecule has 0 radical (unpaired) electrons. The second-order valence-corrected chi connectivity index (χ2v) is 7.25. The molecule has 1 heterocycles. The lowest BCUT2D eigenvalue weighted by Crippen LogP contribution is -2.33. The van der Waals surface area contributed by atoms with E-state index in [1.807, 2.05) is 19.9 Å².